The highest BCUT2D eigenvalue weighted by atomic mass is 35.5. The fourth-order valence-electron chi connectivity index (χ4n) is 2.23. The van der Waals surface area contributed by atoms with E-state index in [2.05, 4.69) is 10.2 Å². The monoisotopic (exact) mass is 312 g/mol. The molecule has 1 amide bonds. The van der Waals surface area contributed by atoms with Crippen LogP contribution in [0.4, 0.5) is 5.69 Å². The lowest BCUT2D eigenvalue weighted by Gasteiger charge is -2.26. The Morgan fingerprint density at radius 1 is 1.43 bits per heavy atom. The van der Waals surface area contributed by atoms with Gasteiger partial charge in [0.05, 0.1) is 26.0 Å². The maximum absolute atomic E-state index is 12.1. The normalized spacial score (nSPS) is 15.8. The van der Waals surface area contributed by atoms with Gasteiger partial charge in [0.15, 0.2) is 0 Å². The summed E-state index contributed by atoms with van der Waals surface area (Å²) in [5.41, 5.74) is 1.56. The minimum Gasteiger partial charge on any atom is -0.495 e. The van der Waals surface area contributed by atoms with E-state index < -0.39 is 0 Å². The summed E-state index contributed by atoms with van der Waals surface area (Å²) in [6.45, 7) is 5.89. The van der Waals surface area contributed by atoms with Gasteiger partial charge < -0.3 is 14.8 Å². The van der Waals surface area contributed by atoms with Crippen molar-refractivity contribution in [1.29, 1.82) is 0 Å². The number of hydrogen-bond acceptors (Lipinski definition) is 4. The van der Waals surface area contributed by atoms with E-state index in [9.17, 15) is 4.79 Å². The summed E-state index contributed by atoms with van der Waals surface area (Å²) < 4.78 is 10.5. The molecule has 2 rings (SSSR count). The minimum absolute atomic E-state index is 0.0264. The van der Waals surface area contributed by atoms with Gasteiger partial charge in [-0.1, -0.05) is 11.6 Å². The molecule has 0 atom stereocenters. The summed E-state index contributed by atoms with van der Waals surface area (Å²) in [5, 5.41) is 3.51. The molecule has 1 heterocycles. The molecule has 0 aromatic heterocycles. The molecule has 0 bridgehead atoms. The van der Waals surface area contributed by atoms with Crippen LogP contribution in [-0.4, -0.2) is 50.8 Å². The summed E-state index contributed by atoms with van der Waals surface area (Å²) in [5.74, 6) is 0.548. The Bertz CT molecular complexity index is 502. The van der Waals surface area contributed by atoms with Gasteiger partial charge in [0.1, 0.15) is 5.75 Å². The van der Waals surface area contributed by atoms with Gasteiger partial charge in [-0.15, -0.1) is 0 Å². The van der Waals surface area contributed by atoms with Crippen molar-refractivity contribution >= 4 is 23.2 Å². The number of methoxy groups -OCH3 is 1. The fraction of sp³-hybridized carbons (Fsp3) is 0.533. The molecule has 1 aromatic carbocycles. The average Bonchev–Trinajstić information content (AvgIpc) is 2.49. The van der Waals surface area contributed by atoms with Gasteiger partial charge in [0.25, 0.3) is 0 Å². The molecule has 1 fully saturated rings. The third kappa shape index (κ3) is 4.59. The van der Waals surface area contributed by atoms with Crippen LogP contribution in [0.2, 0.25) is 5.02 Å². The zero-order valence-corrected chi connectivity index (χ0v) is 13.2. The Hall–Kier alpha value is -1.30. The van der Waals surface area contributed by atoms with Crippen molar-refractivity contribution in [2.24, 2.45) is 0 Å². The highest BCUT2D eigenvalue weighted by molar-refractivity contribution is 6.31. The molecule has 6 heteroatoms. The van der Waals surface area contributed by atoms with Crippen molar-refractivity contribution in [3.05, 3.63) is 22.7 Å². The molecule has 1 aliphatic rings. The molecule has 0 aliphatic carbocycles. The molecule has 21 heavy (non-hydrogen) atoms. The van der Waals surface area contributed by atoms with Crippen LogP contribution < -0.4 is 10.1 Å². The van der Waals surface area contributed by atoms with Gasteiger partial charge in [0, 0.05) is 37.1 Å². The predicted molar refractivity (Wildman–Crippen MR) is 83.2 cm³/mol. The Morgan fingerprint density at radius 3 is 2.81 bits per heavy atom. The molecule has 0 saturated carbocycles. The first-order valence-corrected chi connectivity index (χ1v) is 7.42. The average molecular weight is 313 g/mol. The van der Waals surface area contributed by atoms with Crippen molar-refractivity contribution in [1.82, 2.24) is 4.90 Å². The van der Waals surface area contributed by atoms with Crippen LogP contribution in [0.15, 0.2) is 12.1 Å². The Labute approximate surface area is 130 Å². The van der Waals surface area contributed by atoms with Gasteiger partial charge in [-0.25, -0.2) is 0 Å². The summed E-state index contributed by atoms with van der Waals surface area (Å²) in [4.78, 5) is 14.3. The van der Waals surface area contributed by atoms with Gasteiger partial charge in [-0.2, -0.15) is 0 Å². The second-order valence-corrected chi connectivity index (χ2v) is 5.46. The maximum Gasteiger partial charge on any atom is 0.225 e. The number of aryl methyl sites for hydroxylation is 1. The molecule has 1 saturated heterocycles. The summed E-state index contributed by atoms with van der Waals surface area (Å²) in [6.07, 6.45) is 0.449. The van der Waals surface area contributed by atoms with Crippen molar-refractivity contribution in [2.75, 3.05) is 45.3 Å². The molecule has 1 aromatic rings. The number of nitrogens with one attached hydrogen (secondary N) is 1. The van der Waals surface area contributed by atoms with E-state index in [1.807, 2.05) is 13.0 Å². The van der Waals surface area contributed by atoms with Crippen LogP contribution in [0.5, 0.6) is 5.75 Å². The number of hydrogen-bond donors (Lipinski definition) is 1. The summed E-state index contributed by atoms with van der Waals surface area (Å²) in [7, 11) is 1.56. The van der Waals surface area contributed by atoms with Gasteiger partial charge in [0.2, 0.25) is 5.91 Å². The minimum atomic E-state index is -0.0264. The molecule has 1 N–H and O–H groups in total. The van der Waals surface area contributed by atoms with E-state index in [1.165, 1.54) is 0 Å². The molecule has 116 valence electrons. The number of rotatable bonds is 5. The number of morpholine rings is 1. The quantitative estimate of drug-likeness (QED) is 0.906. The Balaban J connectivity index is 1.91. The van der Waals surface area contributed by atoms with Gasteiger partial charge >= 0.3 is 0 Å². The zero-order valence-electron chi connectivity index (χ0n) is 12.4. The van der Waals surface area contributed by atoms with E-state index >= 15 is 0 Å². The third-order valence-corrected chi connectivity index (χ3v) is 3.92. The first kappa shape index (κ1) is 16.1. The van der Waals surface area contributed by atoms with E-state index in [1.54, 1.807) is 13.2 Å². The summed E-state index contributed by atoms with van der Waals surface area (Å²) >= 11 is 6.05. The number of nitrogens with zero attached hydrogens (tertiary/aromatic N) is 1. The predicted octanol–water partition coefficient (Wildman–Crippen LogP) is 2.32. The van der Waals surface area contributed by atoms with Crippen LogP contribution >= 0.6 is 11.6 Å². The Kier molecular flexibility index (Phi) is 5.85. The van der Waals surface area contributed by atoms with Crippen LogP contribution in [0.3, 0.4) is 0 Å². The fourth-order valence-corrected chi connectivity index (χ4v) is 2.38. The Morgan fingerprint density at radius 2 is 2.14 bits per heavy atom. The SMILES string of the molecule is COc1cc(Cl)c(C)cc1NC(=O)CCN1CCOCC1. The first-order valence-electron chi connectivity index (χ1n) is 7.04. The van der Waals surface area contributed by atoms with Crippen molar-refractivity contribution in [3.63, 3.8) is 0 Å². The maximum atomic E-state index is 12.1. The largest absolute Gasteiger partial charge is 0.495 e. The van der Waals surface area contributed by atoms with E-state index in [-0.39, 0.29) is 5.91 Å². The van der Waals surface area contributed by atoms with Gasteiger partial charge in [-0.05, 0) is 18.6 Å². The van der Waals surface area contributed by atoms with Gasteiger partial charge in [-0.3, -0.25) is 9.69 Å². The third-order valence-electron chi connectivity index (χ3n) is 3.51. The van der Waals surface area contributed by atoms with Crippen molar-refractivity contribution < 1.29 is 14.3 Å². The van der Waals surface area contributed by atoms with E-state index in [4.69, 9.17) is 21.1 Å². The number of carbonyl (C=O) groups excluding carboxylic acids is 1. The number of halogens is 1. The lowest BCUT2D eigenvalue weighted by molar-refractivity contribution is -0.116. The van der Waals surface area contributed by atoms with Crippen LogP contribution in [0.25, 0.3) is 0 Å². The van der Waals surface area contributed by atoms with Crippen molar-refractivity contribution in [3.8, 4) is 5.75 Å². The lowest BCUT2D eigenvalue weighted by Crippen LogP contribution is -2.38. The van der Waals surface area contributed by atoms with Crippen LogP contribution in [0.1, 0.15) is 12.0 Å². The second kappa shape index (κ2) is 7.64. The molecular weight excluding hydrogens is 292 g/mol. The number of benzene rings is 1. The molecule has 0 unspecified atom stereocenters. The van der Waals surface area contributed by atoms with Crippen LogP contribution in [0, 0.1) is 6.92 Å². The highest BCUT2D eigenvalue weighted by Crippen LogP contribution is 2.30. The van der Waals surface area contributed by atoms with E-state index in [0.29, 0.717) is 22.9 Å². The van der Waals surface area contributed by atoms with Crippen molar-refractivity contribution in [2.45, 2.75) is 13.3 Å². The standard InChI is InChI=1S/C15H21ClN2O3/c1-11-9-13(14(20-2)10-12(11)16)17-15(19)3-4-18-5-7-21-8-6-18/h9-10H,3-8H2,1-2H3,(H,17,19). The van der Waals surface area contributed by atoms with E-state index in [0.717, 1.165) is 38.4 Å². The number of ether oxygens (including phenoxy) is 2. The highest BCUT2D eigenvalue weighted by Gasteiger charge is 2.14. The molecule has 5 nitrogen and oxygen atoms in total. The number of anilines is 1. The second-order valence-electron chi connectivity index (χ2n) is 5.05. The zero-order chi connectivity index (χ0) is 15.2. The molecule has 0 spiro atoms. The van der Waals surface area contributed by atoms with Crippen LogP contribution in [-0.2, 0) is 9.53 Å². The lowest BCUT2D eigenvalue weighted by atomic mass is 10.2. The first-order chi connectivity index (χ1) is 10.1. The smallest absolute Gasteiger partial charge is 0.225 e. The molecular formula is C15H21ClN2O3. The molecule has 0 radical (unpaired) electrons. The topological polar surface area (TPSA) is 50.8 Å². The molecule has 1 aliphatic heterocycles. The summed E-state index contributed by atoms with van der Waals surface area (Å²) in [6, 6.07) is 3.54. The number of carbonyl (C=O) groups is 1. The number of amides is 1.